The molecule has 0 bridgehead atoms. The molecular formula is C14H17N3O2S2. The molecule has 2 aliphatic rings. The van der Waals surface area contributed by atoms with Gasteiger partial charge in [0.2, 0.25) is 0 Å². The Kier molecular flexibility index (Phi) is 2.91. The van der Waals surface area contributed by atoms with E-state index in [1.807, 2.05) is 18.2 Å². The van der Waals surface area contributed by atoms with Crippen LogP contribution in [-0.4, -0.2) is 30.8 Å². The van der Waals surface area contributed by atoms with E-state index in [2.05, 4.69) is 6.07 Å². The van der Waals surface area contributed by atoms with Crippen molar-refractivity contribution in [3.8, 4) is 0 Å². The van der Waals surface area contributed by atoms with Gasteiger partial charge < -0.3 is 0 Å². The van der Waals surface area contributed by atoms with E-state index in [1.54, 1.807) is 11.3 Å². The van der Waals surface area contributed by atoms with Crippen LogP contribution in [0.25, 0.3) is 10.2 Å². The summed E-state index contributed by atoms with van der Waals surface area (Å²) in [5.74, 6) is 0.498. The number of para-hydroxylation sites is 1. The number of piperidine rings is 1. The lowest BCUT2D eigenvalue weighted by Crippen LogP contribution is -2.42. The normalized spacial score (nSPS) is 25.5. The Bertz CT molecular complexity index is 758. The van der Waals surface area contributed by atoms with Crippen LogP contribution in [0.3, 0.4) is 0 Å². The van der Waals surface area contributed by atoms with Crippen LogP contribution in [0.4, 0.5) is 0 Å². The Morgan fingerprint density at radius 1 is 1.29 bits per heavy atom. The molecule has 2 fully saturated rings. The molecule has 0 unspecified atom stereocenters. The summed E-state index contributed by atoms with van der Waals surface area (Å²) in [4.78, 5) is 4.75. The average Bonchev–Trinajstić information content (AvgIpc) is 2.96. The third-order valence-corrected chi connectivity index (χ3v) is 7.11. The number of rotatable bonds is 2. The SMILES string of the molecule is NS(=O)(=O)N1CCC2(CC1)C[C@H]2c1nc2ccccc2s1. The van der Waals surface area contributed by atoms with Crippen molar-refractivity contribution in [2.75, 3.05) is 13.1 Å². The second kappa shape index (κ2) is 4.49. The number of hydrogen-bond acceptors (Lipinski definition) is 4. The van der Waals surface area contributed by atoms with Crippen LogP contribution in [0.15, 0.2) is 24.3 Å². The van der Waals surface area contributed by atoms with Crippen LogP contribution in [0.2, 0.25) is 0 Å². The maximum absolute atomic E-state index is 11.4. The fourth-order valence-electron chi connectivity index (χ4n) is 3.47. The molecular weight excluding hydrogens is 306 g/mol. The average molecular weight is 323 g/mol. The summed E-state index contributed by atoms with van der Waals surface area (Å²) in [6, 6.07) is 8.21. The summed E-state index contributed by atoms with van der Waals surface area (Å²) in [6.45, 7) is 1.08. The Balaban J connectivity index is 1.53. The lowest BCUT2D eigenvalue weighted by atomic mass is 9.92. The highest BCUT2D eigenvalue weighted by molar-refractivity contribution is 7.86. The van der Waals surface area contributed by atoms with E-state index in [-0.39, 0.29) is 5.41 Å². The van der Waals surface area contributed by atoms with Crippen molar-refractivity contribution in [3.05, 3.63) is 29.3 Å². The van der Waals surface area contributed by atoms with E-state index >= 15 is 0 Å². The molecule has 2 N–H and O–H groups in total. The van der Waals surface area contributed by atoms with Gasteiger partial charge in [0.15, 0.2) is 0 Å². The van der Waals surface area contributed by atoms with Gasteiger partial charge in [-0.05, 0) is 36.8 Å². The van der Waals surface area contributed by atoms with Crippen LogP contribution in [0.5, 0.6) is 0 Å². The molecule has 7 heteroatoms. The van der Waals surface area contributed by atoms with Gasteiger partial charge in [-0.25, -0.2) is 10.1 Å². The van der Waals surface area contributed by atoms with E-state index in [1.165, 1.54) is 14.0 Å². The van der Waals surface area contributed by atoms with E-state index in [0.717, 1.165) is 24.8 Å². The number of hydrogen-bond donors (Lipinski definition) is 1. The van der Waals surface area contributed by atoms with Crippen LogP contribution in [-0.2, 0) is 10.2 Å². The lowest BCUT2D eigenvalue weighted by Gasteiger charge is -2.30. The highest BCUT2D eigenvalue weighted by Crippen LogP contribution is 2.65. The molecule has 1 saturated heterocycles. The number of thiazole rings is 1. The highest BCUT2D eigenvalue weighted by atomic mass is 32.2. The van der Waals surface area contributed by atoms with Gasteiger partial charge in [-0.1, -0.05) is 12.1 Å². The van der Waals surface area contributed by atoms with E-state index in [9.17, 15) is 8.42 Å². The largest absolute Gasteiger partial charge is 0.276 e. The first-order valence-electron chi connectivity index (χ1n) is 7.11. The van der Waals surface area contributed by atoms with E-state index < -0.39 is 10.2 Å². The monoisotopic (exact) mass is 323 g/mol. The van der Waals surface area contributed by atoms with Crippen LogP contribution in [0.1, 0.15) is 30.2 Å². The Hall–Kier alpha value is -1.02. The highest BCUT2D eigenvalue weighted by Gasteiger charge is 2.57. The van der Waals surface area contributed by atoms with Crippen molar-refractivity contribution < 1.29 is 8.42 Å². The minimum absolute atomic E-state index is 0.259. The van der Waals surface area contributed by atoms with Crippen LogP contribution >= 0.6 is 11.3 Å². The molecule has 1 saturated carbocycles. The van der Waals surface area contributed by atoms with Crippen molar-refractivity contribution in [3.63, 3.8) is 0 Å². The third kappa shape index (κ3) is 2.28. The zero-order chi connectivity index (χ0) is 14.7. The van der Waals surface area contributed by atoms with Gasteiger partial charge in [0, 0.05) is 19.0 Å². The number of benzene rings is 1. The van der Waals surface area contributed by atoms with Crippen molar-refractivity contribution >= 4 is 31.8 Å². The number of nitrogens with zero attached hydrogens (tertiary/aromatic N) is 2. The van der Waals surface area contributed by atoms with Gasteiger partial charge >= 0.3 is 0 Å². The van der Waals surface area contributed by atoms with Gasteiger partial charge in [0.25, 0.3) is 10.2 Å². The predicted octanol–water partition coefficient (Wildman–Crippen LogP) is 2.07. The predicted molar refractivity (Wildman–Crippen MR) is 83.3 cm³/mol. The molecule has 1 spiro atoms. The molecule has 1 aromatic carbocycles. The number of nitrogens with two attached hydrogens (primary N) is 1. The summed E-state index contributed by atoms with van der Waals surface area (Å²) >= 11 is 1.77. The first-order chi connectivity index (χ1) is 9.98. The van der Waals surface area contributed by atoms with Crippen molar-refractivity contribution in [2.45, 2.75) is 25.2 Å². The molecule has 1 aliphatic heterocycles. The number of fused-ring (bicyclic) bond motifs is 1. The van der Waals surface area contributed by atoms with Gasteiger partial charge in [-0.3, -0.25) is 0 Å². The zero-order valence-corrected chi connectivity index (χ0v) is 13.2. The molecule has 21 heavy (non-hydrogen) atoms. The minimum Gasteiger partial charge on any atom is -0.241 e. The second-order valence-electron chi connectivity index (χ2n) is 6.08. The number of aromatic nitrogens is 1. The lowest BCUT2D eigenvalue weighted by molar-refractivity contribution is 0.251. The molecule has 0 amide bonds. The minimum atomic E-state index is -3.53. The topological polar surface area (TPSA) is 76.3 Å². The van der Waals surface area contributed by atoms with Crippen molar-refractivity contribution in [1.82, 2.24) is 9.29 Å². The van der Waals surface area contributed by atoms with Gasteiger partial charge in [0.1, 0.15) is 0 Å². The van der Waals surface area contributed by atoms with Crippen molar-refractivity contribution in [1.29, 1.82) is 0 Å². The molecule has 1 aromatic heterocycles. The van der Waals surface area contributed by atoms with E-state index in [0.29, 0.717) is 19.0 Å². The zero-order valence-electron chi connectivity index (χ0n) is 11.5. The standard InChI is InChI=1S/C14H17N3O2S2/c15-21(18,19)17-7-5-14(6-8-17)9-10(14)13-16-11-3-1-2-4-12(11)20-13/h1-4,10H,5-9H2,(H2,15,18,19)/t10-/m0/s1. The Morgan fingerprint density at radius 2 is 2.00 bits per heavy atom. The summed E-state index contributed by atoms with van der Waals surface area (Å²) in [5, 5.41) is 6.41. The summed E-state index contributed by atoms with van der Waals surface area (Å²) in [7, 11) is -3.53. The summed E-state index contributed by atoms with van der Waals surface area (Å²) in [5.41, 5.74) is 1.33. The smallest absolute Gasteiger partial charge is 0.241 e. The first-order valence-corrected chi connectivity index (χ1v) is 9.43. The van der Waals surface area contributed by atoms with E-state index in [4.69, 9.17) is 10.1 Å². The fourth-order valence-corrected chi connectivity index (χ4v) is 5.38. The van der Waals surface area contributed by atoms with Crippen molar-refractivity contribution in [2.24, 2.45) is 10.6 Å². The second-order valence-corrected chi connectivity index (χ2v) is 8.69. The summed E-state index contributed by atoms with van der Waals surface area (Å²) in [6.07, 6.45) is 2.92. The van der Waals surface area contributed by atoms with Gasteiger partial charge in [-0.2, -0.15) is 12.7 Å². The molecule has 1 aliphatic carbocycles. The molecule has 112 valence electrons. The van der Waals surface area contributed by atoms with Crippen LogP contribution < -0.4 is 5.14 Å². The first kappa shape index (κ1) is 13.6. The molecule has 2 heterocycles. The van der Waals surface area contributed by atoms with Crippen LogP contribution in [0, 0.1) is 5.41 Å². The Labute approximate surface area is 128 Å². The quantitative estimate of drug-likeness (QED) is 0.919. The molecule has 4 rings (SSSR count). The van der Waals surface area contributed by atoms with Gasteiger partial charge in [-0.15, -0.1) is 11.3 Å². The molecule has 1 atom stereocenters. The Morgan fingerprint density at radius 3 is 2.67 bits per heavy atom. The maximum atomic E-state index is 11.4. The fraction of sp³-hybridized carbons (Fsp3) is 0.500. The molecule has 2 aromatic rings. The summed E-state index contributed by atoms with van der Waals surface area (Å²) < 4.78 is 25.4. The molecule has 5 nitrogen and oxygen atoms in total. The van der Waals surface area contributed by atoms with Gasteiger partial charge in [0.05, 0.1) is 15.2 Å². The third-order valence-electron chi connectivity index (χ3n) is 4.88. The maximum Gasteiger partial charge on any atom is 0.276 e. The molecule has 0 radical (unpaired) electrons.